The number of carbonyl (C=O) groups is 1. The van der Waals surface area contributed by atoms with Crippen LogP contribution in [-0.2, 0) is 10.0 Å². The largest absolute Gasteiger partial charge is 0.493 e. The molecule has 0 unspecified atom stereocenters. The van der Waals surface area contributed by atoms with Crippen molar-refractivity contribution < 1.29 is 17.9 Å². The third kappa shape index (κ3) is 4.54. The van der Waals surface area contributed by atoms with E-state index >= 15 is 0 Å². The van der Waals surface area contributed by atoms with Crippen molar-refractivity contribution in [1.82, 2.24) is 0 Å². The van der Waals surface area contributed by atoms with Crippen molar-refractivity contribution in [2.45, 2.75) is 11.8 Å². The van der Waals surface area contributed by atoms with Gasteiger partial charge in [0.25, 0.3) is 5.91 Å². The summed E-state index contributed by atoms with van der Waals surface area (Å²) in [6, 6.07) is 10.7. The maximum Gasteiger partial charge on any atom is 0.259 e. The van der Waals surface area contributed by atoms with Gasteiger partial charge < -0.3 is 10.1 Å². The molecule has 0 atom stereocenters. The lowest BCUT2D eigenvalue weighted by Gasteiger charge is -2.11. The zero-order valence-electron chi connectivity index (χ0n) is 12.2. The number of ether oxygens (including phenoxy) is 1. The molecule has 8 heteroatoms. The highest BCUT2D eigenvalue weighted by atomic mass is 79.9. The number of hydrogen-bond donors (Lipinski definition) is 2. The molecular weight excluding hydrogens is 384 g/mol. The Balaban J connectivity index is 2.24. The van der Waals surface area contributed by atoms with E-state index in [-0.39, 0.29) is 10.8 Å². The fourth-order valence-corrected chi connectivity index (χ4v) is 2.76. The molecule has 0 radical (unpaired) electrons. The van der Waals surface area contributed by atoms with Gasteiger partial charge in [0.2, 0.25) is 10.0 Å². The van der Waals surface area contributed by atoms with Crippen molar-refractivity contribution in [3.63, 3.8) is 0 Å². The summed E-state index contributed by atoms with van der Waals surface area (Å²) in [6.07, 6.45) is 0. The van der Waals surface area contributed by atoms with Crippen molar-refractivity contribution in [1.29, 1.82) is 0 Å². The third-order valence-electron chi connectivity index (χ3n) is 2.93. The summed E-state index contributed by atoms with van der Waals surface area (Å²) >= 11 is 3.32. The first kappa shape index (κ1) is 17.5. The van der Waals surface area contributed by atoms with Crippen LogP contribution >= 0.6 is 15.9 Å². The number of anilines is 1. The Morgan fingerprint density at radius 3 is 2.43 bits per heavy atom. The minimum atomic E-state index is -3.76. The summed E-state index contributed by atoms with van der Waals surface area (Å²) in [4.78, 5) is 12.4. The zero-order valence-corrected chi connectivity index (χ0v) is 14.6. The van der Waals surface area contributed by atoms with Gasteiger partial charge in [-0.3, -0.25) is 4.79 Å². The van der Waals surface area contributed by atoms with Crippen LogP contribution in [0.15, 0.2) is 51.8 Å². The molecule has 0 spiro atoms. The van der Waals surface area contributed by atoms with Gasteiger partial charge in [0.05, 0.1) is 17.1 Å². The Bertz CT molecular complexity index is 820. The van der Waals surface area contributed by atoms with Gasteiger partial charge in [-0.1, -0.05) is 15.9 Å². The van der Waals surface area contributed by atoms with E-state index in [4.69, 9.17) is 9.88 Å². The highest BCUT2D eigenvalue weighted by molar-refractivity contribution is 9.10. The molecule has 2 rings (SSSR count). The molecule has 0 aliphatic rings. The Hall–Kier alpha value is -1.90. The molecule has 2 aromatic rings. The van der Waals surface area contributed by atoms with Crippen molar-refractivity contribution >= 4 is 37.5 Å². The number of primary sulfonamides is 1. The van der Waals surface area contributed by atoms with Crippen molar-refractivity contribution in [3.05, 3.63) is 52.5 Å². The second-order valence-corrected chi connectivity index (χ2v) is 7.07. The molecule has 0 bridgehead atoms. The molecule has 0 aliphatic carbocycles. The topological polar surface area (TPSA) is 98.5 Å². The molecule has 0 heterocycles. The first-order valence-corrected chi connectivity index (χ1v) is 9.01. The summed E-state index contributed by atoms with van der Waals surface area (Å²) < 4.78 is 28.6. The van der Waals surface area contributed by atoms with Crippen molar-refractivity contribution in [2.24, 2.45) is 5.14 Å². The zero-order chi connectivity index (χ0) is 17.0. The van der Waals surface area contributed by atoms with E-state index in [1.165, 1.54) is 24.3 Å². The summed E-state index contributed by atoms with van der Waals surface area (Å²) in [5, 5.41) is 7.72. The fourth-order valence-electron chi connectivity index (χ4n) is 1.89. The van der Waals surface area contributed by atoms with Gasteiger partial charge in [0.1, 0.15) is 5.75 Å². The van der Waals surface area contributed by atoms with Gasteiger partial charge >= 0.3 is 0 Å². The molecule has 3 N–H and O–H groups in total. The lowest BCUT2D eigenvalue weighted by Crippen LogP contribution is -2.15. The molecule has 6 nitrogen and oxygen atoms in total. The number of carbonyl (C=O) groups excluding carboxylic acids is 1. The maximum atomic E-state index is 12.4. The SMILES string of the molecule is CCOc1ccc(Br)cc1C(=O)Nc1ccc(S(N)(=O)=O)cc1. The molecule has 2 aromatic carbocycles. The van der Waals surface area contributed by atoms with E-state index in [1.807, 2.05) is 6.92 Å². The first-order chi connectivity index (χ1) is 10.8. The molecular formula is C15H15BrN2O4S. The monoisotopic (exact) mass is 398 g/mol. The number of rotatable bonds is 5. The van der Waals surface area contributed by atoms with Gasteiger partial charge in [-0.05, 0) is 49.4 Å². The number of sulfonamides is 1. The van der Waals surface area contributed by atoms with Gasteiger partial charge in [0, 0.05) is 10.2 Å². The summed E-state index contributed by atoms with van der Waals surface area (Å²) in [7, 11) is -3.76. The normalized spacial score (nSPS) is 11.1. The fraction of sp³-hybridized carbons (Fsp3) is 0.133. The molecule has 122 valence electrons. The van der Waals surface area contributed by atoms with Crippen LogP contribution in [0.5, 0.6) is 5.75 Å². The first-order valence-electron chi connectivity index (χ1n) is 6.68. The number of benzene rings is 2. The average molecular weight is 399 g/mol. The van der Waals surface area contributed by atoms with E-state index in [0.29, 0.717) is 23.6 Å². The van der Waals surface area contributed by atoms with Crippen LogP contribution in [0.25, 0.3) is 0 Å². The Morgan fingerprint density at radius 2 is 1.87 bits per heavy atom. The van der Waals surface area contributed by atoms with Crippen molar-refractivity contribution in [3.8, 4) is 5.75 Å². The Labute approximate surface area is 142 Å². The summed E-state index contributed by atoms with van der Waals surface area (Å²) in [5.41, 5.74) is 0.821. The number of nitrogens with two attached hydrogens (primary N) is 1. The van der Waals surface area contributed by atoms with Crippen LogP contribution in [0.2, 0.25) is 0 Å². The molecule has 0 aliphatic heterocycles. The van der Waals surface area contributed by atoms with Gasteiger partial charge in [-0.2, -0.15) is 0 Å². The van der Waals surface area contributed by atoms with Crippen LogP contribution in [0.3, 0.4) is 0 Å². The Morgan fingerprint density at radius 1 is 1.22 bits per heavy atom. The number of nitrogens with one attached hydrogen (secondary N) is 1. The lowest BCUT2D eigenvalue weighted by molar-refractivity contribution is 0.102. The molecule has 0 aromatic heterocycles. The number of hydrogen-bond acceptors (Lipinski definition) is 4. The highest BCUT2D eigenvalue weighted by Crippen LogP contribution is 2.24. The quantitative estimate of drug-likeness (QED) is 0.808. The second-order valence-electron chi connectivity index (χ2n) is 4.60. The van der Waals surface area contributed by atoms with Crippen molar-refractivity contribution in [2.75, 3.05) is 11.9 Å². The molecule has 0 saturated heterocycles. The van der Waals surface area contributed by atoms with Crippen LogP contribution in [-0.4, -0.2) is 20.9 Å². The third-order valence-corrected chi connectivity index (χ3v) is 4.35. The second kappa shape index (κ2) is 7.12. The minimum absolute atomic E-state index is 0.0204. The summed E-state index contributed by atoms with van der Waals surface area (Å²) in [5.74, 6) is 0.104. The van der Waals surface area contributed by atoms with E-state index < -0.39 is 10.0 Å². The van der Waals surface area contributed by atoms with Crippen LogP contribution in [0.4, 0.5) is 5.69 Å². The summed E-state index contributed by atoms with van der Waals surface area (Å²) in [6.45, 7) is 2.26. The lowest BCUT2D eigenvalue weighted by atomic mass is 10.2. The molecule has 1 amide bonds. The number of halogens is 1. The van der Waals surface area contributed by atoms with E-state index in [0.717, 1.165) is 4.47 Å². The van der Waals surface area contributed by atoms with Gasteiger partial charge in [-0.15, -0.1) is 0 Å². The smallest absolute Gasteiger partial charge is 0.259 e. The average Bonchev–Trinajstić information content (AvgIpc) is 2.49. The van der Waals surface area contributed by atoms with Crippen LogP contribution in [0, 0.1) is 0 Å². The molecule has 0 saturated carbocycles. The van der Waals surface area contributed by atoms with E-state index in [2.05, 4.69) is 21.2 Å². The predicted molar refractivity (Wildman–Crippen MR) is 91.1 cm³/mol. The van der Waals surface area contributed by atoms with Crippen LogP contribution < -0.4 is 15.2 Å². The maximum absolute atomic E-state index is 12.4. The Kier molecular flexibility index (Phi) is 5.40. The van der Waals surface area contributed by atoms with Gasteiger partial charge in [-0.25, -0.2) is 13.6 Å². The molecule has 23 heavy (non-hydrogen) atoms. The van der Waals surface area contributed by atoms with Crippen LogP contribution in [0.1, 0.15) is 17.3 Å². The van der Waals surface area contributed by atoms with E-state index in [1.54, 1.807) is 18.2 Å². The predicted octanol–water partition coefficient (Wildman–Crippen LogP) is 2.75. The van der Waals surface area contributed by atoms with E-state index in [9.17, 15) is 13.2 Å². The van der Waals surface area contributed by atoms with Gasteiger partial charge in [0.15, 0.2) is 0 Å². The molecule has 0 fully saturated rings. The standard InChI is InChI=1S/C15H15BrN2O4S/c1-2-22-14-8-3-10(16)9-13(14)15(19)18-11-4-6-12(7-5-11)23(17,20)21/h3-9H,2H2,1H3,(H,18,19)(H2,17,20,21). The minimum Gasteiger partial charge on any atom is -0.493 e. The number of amides is 1. The highest BCUT2D eigenvalue weighted by Gasteiger charge is 2.14.